The van der Waals surface area contributed by atoms with E-state index in [1.807, 2.05) is 42.5 Å². The maximum Gasteiger partial charge on any atom is 0.113 e. The molecule has 52 heavy (non-hydrogen) atoms. The zero-order valence-electron chi connectivity index (χ0n) is 28.2. The molecule has 0 aliphatic heterocycles. The standard InChI is InChI=1S/C44H20B8/c45-37-33-31(22-10-2-1-3-11-22)34-36(40(48)44(52)42(50)38(34)46)32(35(33)39(47)43(51)41(37)49)24-13-8-12-23(19-24)29-20-25-18-17-21-9-4-5-14-26(21)30(25)28-16-7-6-15-27(28)29/h1-20H. The molecule has 9 rings (SSSR count). The molecule has 220 valence electrons. The van der Waals surface area contributed by atoms with Crippen molar-refractivity contribution in [2.75, 3.05) is 0 Å². The lowest BCUT2D eigenvalue weighted by atomic mass is 9.59. The van der Waals surface area contributed by atoms with Gasteiger partial charge < -0.3 is 0 Å². The number of fused-ring (bicyclic) bond motifs is 7. The van der Waals surface area contributed by atoms with Crippen molar-refractivity contribution in [3.8, 4) is 33.4 Å². The Labute approximate surface area is 313 Å². The quantitative estimate of drug-likeness (QED) is 0.159. The van der Waals surface area contributed by atoms with Gasteiger partial charge in [-0.2, -0.15) is 0 Å². The largest absolute Gasteiger partial charge is 0.113 e. The average Bonchev–Trinajstić information content (AvgIpc) is 3.19. The maximum absolute atomic E-state index is 6.96. The molecular weight excluding hydrogens is 615 g/mol. The van der Waals surface area contributed by atoms with E-state index in [9.17, 15) is 0 Å². The van der Waals surface area contributed by atoms with Crippen LogP contribution in [0.5, 0.6) is 0 Å². The molecular formula is C44H20B8. The number of hydrogen-bond acceptors (Lipinski definition) is 0. The number of rotatable bonds is 3. The zero-order chi connectivity index (χ0) is 36.0. The molecule has 9 aromatic carbocycles. The molecule has 0 unspecified atom stereocenters. The third-order valence-corrected chi connectivity index (χ3v) is 10.6. The summed E-state index contributed by atoms with van der Waals surface area (Å²) in [5, 5.41) is 9.44. The third kappa shape index (κ3) is 4.66. The van der Waals surface area contributed by atoms with Crippen molar-refractivity contribution in [2.45, 2.75) is 0 Å². The highest BCUT2D eigenvalue weighted by atomic mass is 14.2. The van der Waals surface area contributed by atoms with Gasteiger partial charge in [-0.25, -0.2) is 0 Å². The molecule has 0 saturated carbocycles. The summed E-state index contributed by atoms with van der Waals surface area (Å²) in [7, 11) is 54.0. The lowest BCUT2D eigenvalue weighted by Gasteiger charge is -2.28. The minimum Gasteiger partial charge on any atom is -0.110 e. The molecule has 0 nitrogen and oxygen atoms in total. The SMILES string of the molecule is [B]c1c([B])c([B])c2c(-c3cccc(-c4cc5ccc6ccccc6c5c5ccccc45)c3)c3c([B])c([B])c([B])c([B])c3c(-c3ccccc3)c2c1[B]. The summed E-state index contributed by atoms with van der Waals surface area (Å²) in [5.41, 5.74) is 6.89. The Morgan fingerprint density at radius 2 is 0.712 bits per heavy atom. The second-order valence-electron chi connectivity index (χ2n) is 13.4. The first-order chi connectivity index (χ1) is 25.2. The van der Waals surface area contributed by atoms with Gasteiger partial charge in [0.2, 0.25) is 0 Å². The van der Waals surface area contributed by atoms with Crippen LogP contribution >= 0.6 is 0 Å². The Bertz CT molecular complexity index is 2910. The molecule has 9 aromatic rings. The van der Waals surface area contributed by atoms with Crippen LogP contribution in [0.1, 0.15) is 0 Å². The van der Waals surface area contributed by atoms with Crippen molar-refractivity contribution in [2.24, 2.45) is 0 Å². The van der Waals surface area contributed by atoms with E-state index in [1.165, 1.54) is 21.5 Å². The zero-order valence-corrected chi connectivity index (χ0v) is 28.2. The number of hydrogen-bond donors (Lipinski definition) is 0. The molecule has 0 aliphatic carbocycles. The Hall–Kier alpha value is -5.20. The molecule has 0 bridgehead atoms. The number of benzene rings is 9. The molecule has 0 aliphatic rings. The Kier molecular flexibility index (Phi) is 7.67. The van der Waals surface area contributed by atoms with Crippen LogP contribution in [0.3, 0.4) is 0 Å². The van der Waals surface area contributed by atoms with Crippen molar-refractivity contribution < 1.29 is 0 Å². The molecule has 0 amide bonds. The van der Waals surface area contributed by atoms with Crippen molar-refractivity contribution in [1.29, 1.82) is 0 Å². The molecule has 0 heterocycles. The Morgan fingerprint density at radius 1 is 0.269 bits per heavy atom. The van der Waals surface area contributed by atoms with Crippen molar-refractivity contribution in [1.82, 2.24) is 0 Å². The Morgan fingerprint density at radius 3 is 1.31 bits per heavy atom. The van der Waals surface area contributed by atoms with Gasteiger partial charge in [-0.3, -0.25) is 0 Å². The monoisotopic (exact) mass is 636 g/mol. The minimum atomic E-state index is 0.184. The van der Waals surface area contributed by atoms with E-state index in [0.717, 1.165) is 33.0 Å². The van der Waals surface area contributed by atoms with E-state index in [2.05, 4.69) is 78.9 Å². The van der Waals surface area contributed by atoms with Crippen molar-refractivity contribution >= 4 is 160 Å². The van der Waals surface area contributed by atoms with Gasteiger partial charge in [0.25, 0.3) is 0 Å². The molecule has 0 fully saturated rings. The van der Waals surface area contributed by atoms with Crippen molar-refractivity contribution in [3.05, 3.63) is 121 Å². The molecule has 16 radical (unpaired) electrons. The normalized spacial score (nSPS) is 11.7. The molecule has 0 atom stereocenters. The second kappa shape index (κ2) is 12.2. The third-order valence-electron chi connectivity index (χ3n) is 10.6. The van der Waals surface area contributed by atoms with E-state index in [-0.39, 0.29) is 43.7 Å². The summed E-state index contributed by atoms with van der Waals surface area (Å²) in [5.74, 6) is 0. The highest BCUT2D eigenvalue weighted by Gasteiger charge is 2.25. The first kappa shape index (κ1) is 32.7. The predicted octanol–water partition coefficient (Wildman–Crippen LogP) is 2.80. The molecule has 0 aromatic heterocycles. The van der Waals surface area contributed by atoms with Crippen LogP contribution in [-0.2, 0) is 0 Å². The first-order valence-corrected chi connectivity index (χ1v) is 16.9. The van der Waals surface area contributed by atoms with E-state index in [4.69, 9.17) is 62.8 Å². The summed E-state index contributed by atoms with van der Waals surface area (Å²) in [6.07, 6.45) is 0. The highest BCUT2D eigenvalue weighted by Crippen LogP contribution is 2.43. The fourth-order valence-corrected chi connectivity index (χ4v) is 8.09. The van der Waals surface area contributed by atoms with Crippen LogP contribution in [-0.4, -0.2) is 62.8 Å². The van der Waals surface area contributed by atoms with Gasteiger partial charge >= 0.3 is 0 Å². The van der Waals surface area contributed by atoms with Crippen LogP contribution in [0, 0.1) is 0 Å². The smallest absolute Gasteiger partial charge is 0.110 e. The summed E-state index contributed by atoms with van der Waals surface area (Å²) < 4.78 is 0. The van der Waals surface area contributed by atoms with Gasteiger partial charge in [-0.1, -0.05) is 131 Å². The van der Waals surface area contributed by atoms with Gasteiger partial charge in [-0.15, -0.1) is 21.9 Å². The van der Waals surface area contributed by atoms with Gasteiger partial charge in [0, 0.05) is 0 Å². The van der Waals surface area contributed by atoms with E-state index in [0.29, 0.717) is 32.7 Å². The minimum absolute atomic E-state index is 0.184. The fourth-order valence-electron chi connectivity index (χ4n) is 8.09. The van der Waals surface area contributed by atoms with Gasteiger partial charge in [0.15, 0.2) is 0 Å². The summed E-state index contributed by atoms with van der Waals surface area (Å²) in [6, 6.07) is 41.6. The molecule has 0 spiro atoms. The van der Waals surface area contributed by atoms with E-state index < -0.39 is 0 Å². The maximum atomic E-state index is 6.96. The summed E-state index contributed by atoms with van der Waals surface area (Å²) >= 11 is 0. The van der Waals surface area contributed by atoms with Crippen molar-refractivity contribution in [3.63, 3.8) is 0 Å². The predicted molar refractivity (Wildman–Crippen MR) is 233 cm³/mol. The van der Waals surface area contributed by atoms with Crippen LogP contribution in [0.15, 0.2) is 121 Å². The molecule has 8 heteroatoms. The molecule has 0 N–H and O–H groups in total. The van der Waals surface area contributed by atoms with E-state index in [1.54, 1.807) is 0 Å². The summed E-state index contributed by atoms with van der Waals surface area (Å²) in [6.45, 7) is 0. The first-order valence-electron chi connectivity index (χ1n) is 16.9. The van der Waals surface area contributed by atoms with Crippen LogP contribution in [0.25, 0.3) is 87.2 Å². The van der Waals surface area contributed by atoms with E-state index >= 15 is 0 Å². The Balaban J connectivity index is 1.45. The highest BCUT2D eigenvalue weighted by molar-refractivity contribution is 6.71. The lowest BCUT2D eigenvalue weighted by Crippen LogP contribution is -2.50. The lowest BCUT2D eigenvalue weighted by molar-refractivity contribution is 1.65. The topological polar surface area (TPSA) is 0 Å². The van der Waals surface area contributed by atoms with Gasteiger partial charge in [0.1, 0.15) is 62.8 Å². The average molecular weight is 635 g/mol. The van der Waals surface area contributed by atoms with Gasteiger partial charge in [0.05, 0.1) is 0 Å². The molecule has 0 saturated heterocycles. The van der Waals surface area contributed by atoms with Gasteiger partial charge in [-0.05, 0) is 99.4 Å². The van der Waals surface area contributed by atoms with Crippen LogP contribution in [0.2, 0.25) is 0 Å². The van der Waals surface area contributed by atoms with Crippen LogP contribution in [0.4, 0.5) is 0 Å². The second-order valence-corrected chi connectivity index (χ2v) is 13.4. The van der Waals surface area contributed by atoms with Crippen LogP contribution < -0.4 is 43.7 Å². The fraction of sp³-hybridized carbons (Fsp3) is 0. The summed E-state index contributed by atoms with van der Waals surface area (Å²) in [4.78, 5) is 0.